The smallest absolute Gasteiger partial charge is 0.113 e. The highest BCUT2D eigenvalue weighted by atomic mass is 32.2. The zero-order valence-electron chi connectivity index (χ0n) is 17.0. The Hall–Kier alpha value is -2.95. The van der Waals surface area contributed by atoms with Crippen LogP contribution >= 0.6 is 23.5 Å². The Balaban J connectivity index is 1.68. The molecular formula is C27H22N2S2. The first-order chi connectivity index (χ1) is 15.3. The summed E-state index contributed by atoms with van der Waals surface area (Å²) in [6.07, 6.45) is 5.81. The van der Waals surface area contributed by atoms with Crippen molar-refractivity contribution in [1.29, 1.82) is 0 Å². The van der Waals surface area contributed by atoms with Crippen LogP contribution in [0.25, 0.3) is 10.8 Å². The van der Waals surface area contributed by atoms with E-state index in [1.54, 1.807) is 0 Å². The van der Waals surface area contributed by atoms with Gasteiger partial charge in [0.15, 0.2) is 0 Å². The van der Waals surface area contributed by atoms with Gasteiger partial charge in [0.2, 0.25) is 0 Å². The zero-order chi connectivity index (χ0) is 20.9. The van der Waals surface area contributed by atoms with Crippen LogP contribution in [-0.2, 0) is 10.6 Å². The van der Waals surface area contributed by atoms with E-state index in [2.05, 4.69) is 113 Å². The molecule has 2 nitrogen and oxygen atoms in total. The number of rotatable bonds is 7. The van der Waals surface area contributed by atoms with Crippen LogP contribution in [0.2, 0.25) is 0 Å². The van der Waals surface area contributed by atoms with Gasteiger partial charge in [-0.1, -0.05) is 72.8 Å². The highest BCUT2D eigenvalue weighted by molar-refractivity contribution is 8.17. The molecule has 0 fully saturated rings. The molecule has 5 rings (SSSR count). The largest absolute Gasteiger partial charge is 0.335 e. The fourth-order valence-electron chi connectivity index (χ4n) is 3.70. The molecule has 0 amide bonds. The van der Waals surface area contributed by atoms with Crippen LogP contribution in [0, 0.1) is 0 Å². The summed E-state index contributed by atoms with van der Waals surface area (Å²) >= 11 is 3.81. The van der Waals surface area contributed by atoms with Gasteiger partial charge in [-0.15, -0.1) is 23.5 Å². The minimum absolute atomic E-state index is 0.270. The predicted molar refractivity (Wildman–Crippen MR) is 132 cm³/mol. The molecule has 0 unspecified atom stereocenters. The van der Waals surface area contributed by atoms with Crippen molar-refractivity contribution in [2.45, 2.75) is 20.4 Å². The molecule has 1 aromatic heterocycles. The molecule has 0 atom stereocenters. The molecule has 4 aromatic carbocycles. The van der Waals surface area contributed by atoms with Crippen LogP contribution in [0.5, 0.6) is 0 Å². The summed E-state index contributed by atoms with van der Waals surface area (Å²) in [4.78, 5) is 6.81. The van der Waals surface area contributed by atoms with Gasteiger partial charge in [0, 0.05) is 22.2 Å². The van der Waals surface area contributed by atoms with Gasteiger partial charge in [-0.2, -0.15) is 0 Å². The molecule has 0 aliphatic rings. The monoisotopic (exact) mass is 438 g/mol. The maximum Gasteiger partial charge on any atom is 0.113 e. The van der Waals surface area contributed by atoms with Crippen molar-refractivity contribution >= 4 is 34.3 Å². The van der Waals surface area contributed by atoms with Gasteiger partial charge >= 0.3 is 0 Å². The molecule has 31 heavy (non-hydrogen) atoms. The Kier molecular flexibility index (Phi) is 5.83. The van der Waals surface area contributed by atoms with E-state index in [4.69, 9.17) is 0 Å². The second kappa shape index (κ2) is 9.04. The van der Waals surface area contributed by atoms with Crippen molar-refractivity contribution in [2.24, 2.45) is 0 Å². The first-order valence-electron chi connectivity index (χ1n) is 10.2. The number of hydrogen-bond acceptors (Lipinski definition) is 3. The Labute approximate surface area is 191 Å². The van der Waals surface area contributed by atoms with E-state index in [-0.39, 0.29) is 4.08 Å². The average molecular weight is 439 g/mol. The number of fused-ring (bicyclic) bond motifs is 1. The number of thioether (sulfide) groups is 2. The van der Waals surface area contributed by atoms with Crippen LogP contribution in [0.3, 0.4) is 0 Å². The lowest BCUT2D eigenvalue weighted by molar-refractivity contribution is 0.649. The van der Waals surface area contributed by atoms with Gasteiger partial charge in [-0.3, -0.25) is 0 Å². The van der Waals surface area contributed by atoms with Crippen molar-refractivity contribution in [3.8, 4) is 0 Å². The maximum atomic E-state index is 4.31. The Morgan fingerprint density at radius 2 is 1.29 bits per heavy atom. The molecule has 0 radical (unpaired) electrons. The Morgan fingerprint density at radius 1 is 0.677 bits per heavy atom. The second-order valence-electron chi connectivity index (χ2n) is 7.38. The van der Waals surface area contributed by atoms with Crippen molar-refractivity contribution in [3.05, 3.63) is 127 Å². The topological polar surface area (TPSA) is 17.8 Å². The summed E-state index contributed by atoms with van der Waals surface area (Å²) in [6, 6.07) is 36.8. The van der Waals surface area contributed by atoms with Gasteiger partial charge < -0.3 is 4.57 Å². The quantitative estimate of drug-likeness (QED) is 0.194. The van der Waals surface area contributed by atoms with Gasteiger partial charge in [0.25, 0.3) is 0 Å². The lowest BCUT2D eigenvalue weighted by Gasteiger charge is -2.34. The minimum Gasteiger partial charge on any atom is -0.335 e. The molecule has 0 spiro atoms. The predicted octanol–water partition coefficient (Wildman–Crippen LogP) is 7.47. The molecule has 0 aliphatic carbocycles. The number of benzene rings is 4. The molecule has 0 N–H and O–H groups in total. The van der Waals surface area contributed by atoms with Gasteiger partial charge in [-0.05, 0) is 46.7 Å². The van der Waals surface area contributed by atoms with Gasteiger partial charge in [0.1, 0.15) is 4.08 Å². The molecule has 5 aromatic rings. The van der Waals surface area contributed by atoms with E-state index in [1.807, 2.05) is 42.2 Å². The molecule has 0 saturated heterocycles. The van der Waals surface area contributed by atoms with E-state index in [0.29, 0.717) is 0 Å². The Bertz CT molecular complexity index is 1210. The molecule has 1 heterocycles. The van der Waals surface area contributed by atoms with E-state index in [1.165, 1.54) is 26.1 Å². The van der Waals surface area contributed by atoms with Crippen molar-refractivity contribution < 1.29 is 0 Å². The number of hydrogen-bond donors (Lipinski definition) is 0. The SMILES string of the molecule is c1ccc(SC(Cn2ccnc2)(Sc2ccccc2)c2ccc3ccccc3c2)cc1. The number of nitrogens with zero attached hydrogens (tertiary/aromatic N) is 2. The minimum atomic E-state index is -0.270. The van der Waals surface area contributed by atoms with Gasteiger partial charge in [-0.25, -0.2) is 4.98 Å². The fraction of sp³-hybridized carbons (Fsp3) is 0.0741. The summed E-state index contributed by atoms with van der Waals surface area (Å²) < 4.78 is 1.91. The number of imidazole rings is 1. The summed E-state index contributed by atoms with van der Waals surface area (Å²) in [5.74, 6) is 0. The Morgan fingerprint density at radius 3 is 1.90 bits per heavy atom. The summed E-state index contributed by atoms with van der Waals surface area (Å²) in [5, 5.41) is 2.52. The molecule has 0 bridgehead atoms. The van der Waals surface area contributed by atoms with Crippen molar-refractivity contribution in [1.82, 2.24) is 9.55 Å². The molecule has 0 aliphatic heterocycles. The number of aromatic nitrogens is 2. The maximum absolute atomic E-state index is 4.31. The second-order valence-corrected chi connectivity index (χ2v) is 10.4. The first-order valence-corrected chi connectivity index (χ1v) is 11.9. The molecule has 0 saturated carbocycles. The van der Waals surface area contributed by atoms with Gasteiger partial charge in [0.05, 0.1) is 12.9 Å². The van der Waals surface area contributed by atoms with Crippen molar-refractivity contribution in [3.63, 3.8) is 0 Å². The molecule has 152 valence electrons. The van der Waals surface area contributed by atoms with E-state index in [9.17, 15) is 0 Å². The highest BCUT2D eigenvalue weighted by Gasteiger charge is 2.36. The normalized spacial score (nSPS) is 11.6. The van der Waals surface area contributed by atoms with Crippen LogP contribution in [0.4, 0.5) is 0 Å². The third-order valence-electron chi connectivity index (χ3n) is 5.19. The van der Waals surface area contributed by atoms with Crippen LogP contribution in [0.1, 0.15) is 5.56 Å². The third kappa shape index (κ3) is 4.55. The standard InChI is InChI=1S/C27H22N2S2/c1-3-11-25(12-4-1)30-27(20-29-18-17-28-21-29,31-26-13-5-2-6-14-26)24-16-15-22-9-7-8-10-23(22)19-24/h1-19,21H,20H2. The van der Waals surface area contributed by atoms with Crippen molar-refractivity contribution in [2.75, 3.05) is 0 Å². The van der Waals surface area contributed by atoms with Crippen LogP contribution in [-0.4, -0.2) is 9.55 Å². The average Bonchev–Trinajstić information content (AvgIpc) is 3.33. The van der Waals surface area contributed by atoms with Crippen LogP contribution < -0.4 is 0 Å². The van der Waals surface area contributed by atoms with Crippen LogP contribution in [0.15, 0.2) is 132 Å². The fourth-order valence-corrected chi connectivity index (χ4v) is 6.71. The molecule has 4 heteroatoms. The lowest BCUT2D eigenvalue weighted by Crippen LogP contribution is -2.24. The van der Waals surface area contributed by atoms with E-state index >= 15 is 0 Å². The molecular weight excluding hydrogens is 416 g/mol. The van der Waals surface area contributed by atoms with E-state index < -0.39 is 0 Å². The lowest BCUT2D eigenvalue weighted by atomic mass is 10.0. The summed E-state index contributed by atoms with van der Waals surface area (Å²) in [6.45, 7) is 0.796. The highest BCUT2D eigenvalue weighted by Crippen LogP contribution is 2.54. The first kappa shape index (κ1) is 20.0. The summed E-state index contributed by atoms with van der Waals surface area (Å²) in [7, 11) is 0. The third-order valence-corrected chi connectivity index (χ3v) is 8.10. The summed E-state index contributed by atoms with van der Waals surface area (Å²) in [5.41, 5.74) is 1.29. The van der Waals surface area contributed by atoms with E-state index in [0.717, 1.165) is 6.54 Å². The zero-order valence-corrected chi connectivity index (χ0v) is 18.6.